The van der Waals surface area contributed by atoms with Crippen LogP contribution in [0.1, 0.15) is 23.6 Å². The highest BCUT2D eigenvalue weighted by molar-refractivity contribution is 5.34. The van der Waals surface area contributed by atoms with Crippen LogP contribution >= 0.6 is 0 Å². The molecule has 0 N–H and O–H groups in total. The lowest BCUT2D eigenvalue weighted by Crippen LogP contribution is -1.85. The van der Waals surface area contributed by atoms with Crippen LogP contribution in [0.5, 0.6) is 0 Å². The highest BCUT2D eigenvalue weighted by Crippen LogP contribution is 2.33. The normalized spacial score (nSPS) is 21.3. The fraction of sp³-hybridized carbons (Fsp3) is 0.333. The lowest BCUT2D eigenvalue weighted by atomic mass is 10.1. The summed E-state index contributed by atoms with van der Waals surface area (Å²) in [6.07, 6.45) is 1.90. The Morgan fingerprint density at radius 2 is 2.18 bits per heavy atom. The van der Waals surface area contributed by atoms with Gasteiger partial charge in [-0.25, -0.2) is 0 Å². The van der Waals surface area contributed by atoms with Crippen molar-refractivity contribution in [1.29, 1.82) is 0 Å². The molecule has 11 heavy (non-hydrogen) atoms. The summed E-state index contributed by atoms with van der Waals surface area (Å²) in [5.41, 5.74) is 2.42. The summed E-state index contributed by atoms with van der Waals surface area (Å²) >= 11 is 0. The number of nitroso groups, excluding NO2 is 1. The maximum atomic E-state index is 10.3. The second-order valence-corrected chi connectivity index (χ2v) is 2.86. The van der Waals surface area contributed by atoms with Crippen molar-refractivity contribution in [3.63, 3.8) is 0 Å². The maximum Gasteiger partial charge on any atom is 0.117 e. The number of rotatable bonds is 1. The number of hydrogen-bond donors (Lipinski definition) is 0. The Balaban J connectivity index is 2.46. The average Bonchev–Trinajstić information content (AvgIpc) is 2.47. The standard InChI is InChI=1S/C9H9NO/c11-10-9-6-5-7-3-1-2-4-8(7)9/h1-4,9H,5-6H2. The first-order valence-electron chi connectivity index (χ1n) is 3.82. The molecule has 0 saturated carbocycles. The van der Waals surface area contributed by atoms with Crippen LogP contribution in [0.4, 0.5) is 0 Å². The molecule has 2 heteroatoms. The first-order chi connectivity index (χ1) is 5.42. The van der Waals surface area contributed by atoms with E-state index in [9.17, 15) is 4.91 Å². The Morgan fingerprint density at radius 3 is 3.00 bits per heavy atom. The molecular formula is C9H9NO. The van der Waals surface area contributed by atoms with E-state index in [2.05, 4.69) is 11.2 Å². The van der Waals surface area contributed by atoms with Crippen molar-refractivity contribution in [2.75, 3.05) is 0 Å². The number of aryl methyl sites for hydroxylation is 1. The Kier molecular flexibility index (Phi) is 1.46. The van der Waals surface area contributed by atoms with Crippen molar-refractivity contribution in [2.24, 2.45) is 5.18 Å². The van der Waals surface area contributed by atoms with Gasteiger partial charge in [0.25, 0.3) is 0 Å². The van der Waals surface area contributed by atoms with E-state index in [1.807, 2.05) is 18.2 Å². The molecule has 0 aliphatic heterocycles. The predicted octanol–water partition coefficient (Wildman–Crippen LogP) is 2.44. The molecule has 1 unspecified atom stereocenters. The van der Waals surface area contributed by atoms with E-state index in [1.54, 1.807) is 0 Å². The van der Waals surface area contributed by atoms with E-state index in [0.717, 1.165) is 18.4 Å². The van der Waals surface area contributed by atoms with Gasteiger partial charge in [0.05, 0.1) is 0 Å². The van der Waals surface area contributed by atoms with E-state index in [0.29, 0.717) is 0 Å². The SMILES string of the molecule is O=NC1CCc2ccccc21. The Hall–Kier alpha value is -1.18. The van der Waals surface area contributed by atoms with Crippen molar-refractivity contribution in [2.45, 2.75) is 18.9 Å². The second-order valence-electron chi connectivity index (χ2n) is 2.86. The van der Waals surface area contributed by atoms with Gasteiger partial charge in [0.15, 0.2) is 0 Å². The molecule has 1 aromatic rings. The van der Waals surface area contributed by atoms with Crippen molar-refractivity contribution < 1.29 is 0 Å². The van der Waals surface area contributed by atoms with Crippen LogP contribution < -0.4 is 0 Å². The largest absolute Gasteiger partial charge is 0.150 e. The van der Waals surface area contributed by atoms with Gasteiger partial charge < -0.3 is 0 Å². The molecule has 0 bridgehead atoms. The molecule has 1 aliphatic carbocycles. The number of benzene rings is 1. The minimum atomic E-state index is -0.0776. The molecule has 0 fully saturated rings. The first-order valence-corrected chi connectivity index (χ1v) is 3.82. The van der Waals surface area contributed by atoms with E-state index in [-0.39, 0.29) is 6.04 Å². The van der Waals surface area contributed by atoms with Gasteiger partial charge in [0.1, 0.15) is 6.04 Å². The monoisotopic (exact) mass is 147 g/mol. The molecule has 0 amide bonds. The molecule has 1 aliphatic rings. The molecule has 1 atom stereocenters. The maximum absolute atomic E-state index is 10.3. The summed E-state index contributed by atoms with van der Waals surface area (Å²) in [7, 11) is 0. The molecule has 0 aromatic heterocycles. The van der Waals surface area contributed by atoms with Gasteiger partial charge in [-0.2, -0.15) is 4.91 Å². The molecule has 1 aromatic carbocycles. The Bertz CT molecular complexity index is 283. The third-order valence-electron chi connectivity index (χ3n) is 2.23. The fourth-order valence-electron chi connectivity index (χ4n) is 1.64. The van der Waals surface area contributed by atoms with Crippen LogP contribution in [0.3, 0.4) is 0 Å². The minimum Gasteiger partial charge on any atom is -0.150 e. The van der Waals surface area contributed by atoms with Crippen molar-refractivity contribution >= 4 is 0 Å². The Morgan fingerprint density at radius 1 is 1.36 bits per heavy atom. The van der Waals surface area contributed by atoms with E-state index in [1.165, 1.54) is 5.56 Å². The van der Waals surface area contributed by atoms with Crippen LogP contribution in [0, 0.1) is 4.91 Å². The molecule has 0 heterocycles. The minimum absolute atomic E-state index is 0.0776. The van der Waals surface area contributed by atoms with Gasteiger partial charge in [-0.1, -0.05) is 29.4 Å². The van der Waals surface area contributed by atoms with Gasteiger partial charge in [0, 0.05) is 0 Å². The number of fused-ring (bicyclic) bond motifs is 1. The van der Waals surface area contributed by atoms with Gasteiger partial charge in [-0.15, -0.1) is 0 Å². The quantitative estimate of drug-likeness (QED) is 0.561. The number of nitrogens with zero attached hydrogens (tertiary/aromatic N) is 1. The molecule has 2 rings (SSSR count). The van der Waals surface area contributed by atoms with Gasteiger partial charge in [-0.3, -0.25) is 0 Å². The Labute approximate surface area is 65.2 Å². The van der Waals surface area contributed by atoms with Crippen molar-refractivity contribution in [3.8, 4) is 0 Å². The van der Waals surface area contributed by atoms with E-state index in [4.69, 9.17) is 0 Å². The van der Waals surface area contributed by atoms with Crippen LogP contribution in [-0.4, -0.2) is 0 Å². The molecular weight excluding hydrogens is 138 g/mol. The lowest BCUT2D eigenvalue weighted by molar-refractivity contribution is 0.710. The van der Waals surface area contributed by atoms with E-state index < -0.39 is 0 Å². The molecule has 0 spiro atoms. The van der Waals surface area contributed by atoms with Crippen LogP contribution in [0.15, 0.2) is 29.4 Å². The lowest BCUT2D eigenvalue weighted by Gasteiger charge is -1.99. The first kappa shape index (κ1) is 6.53. The summed E-state index contributed by atoms with van der Waals surface area (Å²) in [6.45, 7) is 0. The zero-order chi connectivity index (χ0) is 7.68. The summed E-state index contributed by atoms with van der Waals surface area (Å²) in [6, 6.07) is 7.95. The summed E-state index contributed by atoms with van der Waals surface area (Å²) in [5.74, 6) is 0. The van der Waals surface area contributed by atoms with Gasteiger partial charge >= 0.3 is 0 Å². The topological polar surface area (TPSA) is 29.4 Å². The third-order valence-corrected chi connectivity index (χ3v) is 2.23. The average molecular weight is 147 g/mol. The molecule has 2 nitrogen and oxygen atoms in total. The van der Waals surface area contributed by atoms with Gasteiger partial charge in [-0.05, 0) is 24.0 Å². The zero-order valence-corrected chi connectivity index (χ0v) is 6.16. The third kappa shape index (κ3) is 0.946. The van der Waals surface area contributed by atoms with Crippen molar-refractivity contribution in [1.82, 2.24) is 0 Å². The summed E-state index contributed by atoms with van der Waals surface area (Å²) in [5, 5.41) is 3.08. The molecule has 56 valence electrons. The molecule has 0 radical (unpaired) electrons. The van der Waals surface area contributed by atoms with Crippen LogP contribution in [-0.2, 0) is 6.42 Å². The van der Waals surface area contributed by atoms with Crippen LogP contribution in [0.25, 0.3) is 0 Å². The predicted molar refractivity (Wildman–Crippen MR) is 43.3 cm³/mol. The highest BCUT2D eigenvalue weighted by Gasteiger charge is 2.21. The second kappa shape index (κ2) is 2.46. The van der Waals surface area contributed by atoms with Crippen LogP contribution in [0.2, 0.25) is 0 Å². The van der Waals surface area contributed by atoms with E-state index >= 15 is 0 Å². The fourth-order valence-corrected chi connectivity index (χ4v) is 1.64. The summed E-state index contributed by atoms with van der Waals surface area (Å²) in [4.78, 5) is 10.3. The molecule has 0 saturated heterocycles. The summed E-state index contributed by atoms with van der Waals surface area (Å²) < 4.78 is 0. The smallest absolute Gasteiger partial charge is 0.117 e. The van der Waals surface area contributed by atoms with Gasteiger partial charge in [0.2, 0.25) is 0 Å². The van der Waals surface area contributed by atoms with Crippen molar-refractivity contribution in [3.05, 3.63) is 40.3 Å². The number of hydrogen-bond acceptors (Lipinski definition) is 2. The zero-order valence-electron chi connectivity index (χ0n) is 6.16. The highest BCUT2D eigenvalue weighted by atomic mass is 16.3.